The van der Waals surface area contributed by atoms with Crippen molar-refractivity contribution in [2.24, 2.45) is 0 Å². The Morgan fingerprint density at radius 2 is 1.93 bits per heavy atom. The van der Waals surface area contributed by atoms with E-state index in [0.29, 0.717) is 32.8 Å². The van der Waals surface area contributed by atoms with E-state index >= 15 is 0 Å². The fourth-order valence-corrected chi connectivity index (χ4v) is 0.792. The number of hydrogen-bond donors (Lipinski definition) is 1. The highest BCUT2D eigenvalue weighted by atomic mass is 16.5. The lowest BCUT2D eigenvalue weighted by atomic mass is 10.3. The second-order valence-corrected chi connectivity index (χ2v) is 3.12. The summed E-state index contributed by atoms with van der Waals surface area (Å²) in [5.74, 6) is -0.785. The number of aliphatic carboxylic acids is 1. The van der Waals surface area contributed by atoms with Gasteiger partial charge in [-0.25, -0.2) is 0 Å². The Bertz CT molecular complexity index is 157. The summed E-state index contributed by atoms with van der Waals surface area (Å²) < 4.78 is 10.3. The minimum Gasteiger partial charge on any atom is -0.481 e. The van der Waals surface area contributed by atoms with Crippen molar-refractivity contribution >= 4 is 5.97 Å². The highest BCUT2D eigenvalue weighted by Crippen LogP contribution is 1.91. The zero-order valence-electron chi connectivity index (χ0n) is 8.62. The molecule has 0 aromatic heterocycles. The van der Waals surface area contributed by atoms with E-state index in [2.05, 4.69) is 6.58 Å². The molecule has 0 aromatic carbocycles. The van der Waals surface area contributed by atoms with Crippen LogP contribution < -0.4 is 0 Å². The number of hydrogen-bond acceptors (Lipinski definition) is 3. The zero-order valence-corrected chi connectivity index (χ0v) is 8.62. The summed E-state index contributed by atoms with van der Waals surface area (Å²) in [4.78, 5) is 10.1. The molecular formula is C10H18O4. The van der Waals surface area contributed by atoms with Gasteiger partial charge in [0.1, 0.15) is 0 Å². The Morgan fingerprint density at radius 1 is 1.29 bits per heavy atom. The summed E-state index contributed by atoms with van der Waals surface area (Å²) in [7, 11) is 0. The Balaban J connectivity index is 2.99. The van der Waals surface area contributed by atoms with Crippen LogP contribution in [-0.4, -0.2) is 37.5 Å². The van der Waals surface area contributed by atoms with Crippen molar-refractivity contribution < 1.29 is 19.4 Å². The first-order valence-corrected chi connectivity index (χ1v) is 4.64. The van der Waals surface area contributed by atoms with Gasteiger partial charge < -0.3 is 14.6 Å². The van der Waals surface area contributed by atoms with Gasteiger partial charge >= 0.3 is 5.97 Å². The number of ether oxygens (including phenoxy) is 2. The maximum Gasteiger partial charge on any atom is 0.303 e. The zero-order chi connectivity index (χ0) is 10.8. The Kier molecular flexibility index (Phi) is 8.17. The van der Waals surface area contributed by atoms with Crippen molar-refractivity contribution in [1.29, 1.82) is 0 Å². The highest BCUT2D eigenvalue weighted by molar-refractivity contribution is 5.66. The second kappa shape index (κ2) is 8.72. The van der Waals surface area contributed by atoms with E-state index in [1.807, 2.05) is 6.92 Å². The molecule has 0 bridgehead atoms. The first kappa shape index (κ1) is 13.1. The Morgan fingerprint density at radius 3 is 2.50 bits per heavy atom. The van der Waals surface area contributed by atoms with Crippen LogP contribution in [0.25, 0.3) is 0 Å². The van der Waals surface area contributed by atoms with Crippen molar-refractivity contribution in [1.82, 2.24) is 0 Å². The fraction of sp³-hybridized carbons (Fsp3) is 0.700. The maximum absolute atomic E-state index is 10.1. The van der Waals surface area contributed by atoms with E-state index in [-0.39, 0.29) is 6.42 Å². The summed E-state index contributed by atoms with van der Waals surface area (Å²) in [6, 6.07) is 0. The van der Waals surface area contributed by atoms with Crippen LogP contribution in [0, 0.1) is 0 Å². The largest absolute Gasteiger partial charge is 0.481 e. The molecule has 0 aliphatic heterocycles. The average Bonchev–Trinajstić information content (AvgIpc) is 2.08. The third-order valence-electron chi connectivity index (χ3n) is 1.40. The van der Waals surface area contributed by atoms with Crippen molar-refractivity contribution in [3.05, 3.63) is 12.2 Å². The van der Waals surface area contributed by atoms with Crippen LogP contribution in [0.3, 0.4) is 0 Å². The van der Waals surface area contributed by atoms with Gasteiger partial charge in [0.25, 0.3) is 0 Å². The summed E-state index contributed by atoms with van der Waals surface area (Å²) >= 11 is 0. The SMILES string of the molecule is C=C(C)COCCOCCCC(=O)O. The maximum atomic E-state index is 10.1. The monoisotopic (exact) mass is 202 g/mol. The molecule has 1 N–H and O–H groups in total. The van der Waals surface area contributed by atoms with Crippen molar-refractivity contribution in [2.75, 3.05) is 26.4 Å². The third kappa shape index (κ3) is 11.1. The van der Waals surface area contributed by atoms with Crippen LogP contribution in [0.1, 0.15) is 19.8 Å². The predicted molar refractivity (Wildman–Crippen MR) is 53.3 cm³/mol. The summed E-state index contributed by atoms with van der Waals surface area (Å²) in [6.07, 6.45) is 0.711. The van der Waals surface area contributed by atoms with Crippen LogP contribution in [0.15, 0.2) is 12.2 Å². The molecule has 4 heteroatoms. The lowest BCUT2D eigenvalue weighted by Gasteiger charge is -2.04. The summed E-state index contributed by atoms with van der Waals surface area (Å²) in [5.41, 5.74) is 0.982. The molecular weight excluding hydrogens is 184 g/mol. The first-order chi connectivity index (χ1) is 6.63. The van der Waals surface area contributed by atoms with Crippen LogP contribution in [0.4, 0.5) is 0 Å². The number of carboxylic acid groups (broad SMARTS) is 1. The molecule has 0 rings (SSSR count). The minimum atomic E-state index is -0.785. The van der Waals surface area contributed by atoms with E-state index < -0.39 is 5.97 Å². The smallest absolute Gasteiger partial charge is 0.303 e. The first-order valence-electron chi connectivity index (χ1n) is 4.64. The van der Waals surface area contributed by atoms with Gasteiger partial charge in [0, 0.05) is 13.0 Å². The van der Waals surface area contributed by atoms with Crippen LogP contribution >= 0.6 is 0 Å². The molecule has 82 valence electrons. The molecule has 14 heavy (non-hydrogen) atoms. The van der Waals surface area contributed by atoms with Gasteiger partial charge in [-0.05, 0) is 13.3 Å². The van der Waals surface area contributed by atoms with Gasteiger partial charge in [-0.1, -0.05) is 12.2 Å². The molecule has 0 saturated heterocycles. The number of carboxylic acids is 1. The molecule has 0 aromatic rings. The van der Waals surface area contributed by atoms with Gasteiger partial charge in [0.15, 0.2) is 0 Å². The molecule has 0 aliphatic rings. The molecule has 0 aliphatic carbocycles. The van der Waals surface area contributed by atoms with Gasteiger partial charge in [0.05, 0.1) is 19.8 Å². The molecule has 0 unspecified atom stereocenters. The predicted octanol–water partition coefficient (Wildman–Crippen LogP) is 1.46. The minimum absolute atomic E-state index is 0.159. The molecule has 0 saturated carbocycles. The summed E-state index contributed by atoms with van der Waals surface area (Å²) in [6.45, 7) is 7.65. The van der Waals surface area contributed by atoms with Crippen molar-refractivity contribution in [3.8, 4) is 0 Å². The van der Waals surface area contributed by atoms with E-state index in [1.165, 1.54) is 0 Å². The van der Waals surface area contributed by atoms with Gasteiger partial charge in [-0.3, -0.25) is 4.79 Å². The molecule has 0 heterocycles. The molecule has 0 spiro atoms. The van der Waals surface area contributed by atoms with Crippen LogP contribution in [0.2, 0.25) is 0 Å². The molecule has 0 radical (unpaired) electrons. The van der Waals surface area contributed by atoms with E-state index in [9.17, 15) is 4.79 Å². The van der Waals surface area contributed by atoms with E-state index in [4.69, 9.17) is 14.6 Å². The van der Waals surface area contributed by atoms with Crippen molar-refractivity contribution in [3.63, 3.8) is 0 Å². The molecule has 0 fully saturated rings. The number of carbonyl (C=O) groups is 1. The Hall–Kier alpha value is -0.870. The van der Waals surface area contributed by atoms with Gasteiger partial charge in [-0.15, -0.1) is 0 Å². The summed E-state index contributed by atoms with van der Waals surface area (Å²) in [5, 5.41) is 8.33. The molecule has 4 nitrogen and oxygen atoms in total. The highest BCUT2D eigenvalue weighted by Gasteiger charge is 1.96. The normalized spacial score (nSPS) is 10.1. The van der Waals surface area contributed by atoms with Gasteiger partial charge in [-0.2, -0.15) is 0 Å². The molecule has 0 amide bonds. The lowest BCUT2D eigenvalue weighted by Crippen LogP contribution is -2.07. The van der Waals surface area contributed by atoms with Crippen molar-refractivity contribution in [2.45, 2.75) is 19.8 Å². The van der Waals surface area contributed by atoms with E-state index in [0.717, 1.165) is 5.57 Å². The standard InChI is InChI=1S/C10H18O4/c1-9(2)8-14-7-6-13-5-3-4-10(11)12/h1,3-8H2,2H3,(H,11,12). The van der Waals surface area contributed by atoms with Crippen LogP contribution in [-0.2, 0) is 14.3 Å². The van der Waals surface area contributed by atoms with E-state index in [1.54, 1.807) is 0 Å². The fourth-order valence-electron chi connectivity index (χ4n) is 0.792. The van der Waals surface area contributed by atoms with Crippen LogP contribution in [0.5, 0.6) is 0 Å². The average molecular weight is 202 g/mol. The third-order valence-corrected chi connectivity index (χ3v) is 1.40. The topological polar surface area (TPSA) is 55.8 Å². The van der Waals surface area contributed by atoms with Gasteiger partial charge in [0.2, 0.25) is 0 Å². The number of rotatable bonds is 9. The lowest BCUT2D eigenvalue weighted by molar-refractivity contribution is -0.137. The quantitative estimate of drug-likeness (QED) is 0.454. The molecule has 0 atom stereocenters. The Labute approximate surface area is 84.5 Å². The second-order valence-electron chi connectivity index (χ2n) is 3.12.